The van der Waals surface area contributed by atoms with E-state index in [0.29, 0.717) is 6.08 Å². The predicted molar refractivity (Wildman–Crippen MR) is 92.7 cm³/mol. The van der Waals surface area contributed by atoms with E-state index >= 15 is 0 Å². The van der Waals surface area contributed by atoms with Gasteiger partial charge in [0.1, 0.15) is 0 Å². The molecule has 2 aromatic carbocycles. The summed E-state index contributed by atoms with van der Waals surface area (Å²) in [6.07, 6.45) is -4.49. The average Bonchev–Trinajstić information content (AvgIpc) is 2.50. The summed E-state index contributed by atoms with van der Waals surface area (Å²) in [5, 5.41) is 10.9. The molecule has 0 bridgehead atoms. The standard InChI is InChI=1S/C17H10Cl2F3NO3/c1-9-2-3-10(6-15(9)23(25)26)16(24)8-14(17(20,21)22)11-4-12(18)7-13(19)5-11/h2-8H,1H3. The van der Waals surface area contributed by atoms with Gasteiger partial charge in [-0.25, -0.2) is 0 Å². The van der Waals surface area contributed by atoms with E-state index in [-0.39, 0.29) is 32.4 Å². The van der Waals surface area contributed by atoms with Crippen molar-refractivity contribution >= 4 is 40.2 Å². The molecule has 136 valence electrons. The molecule has 0 aliphatic heterocycles. The van der Waals surface area contributed by atoms with Crippen LogP contribution in [0.3, 0.4) is 0 Å². The number of nitro groups is 1. The smallest absolute Gasteiger partial charge is 0.289 e. The number of rotatable bonds is 4. The van der Waals surface area contributed by atoms with Crippen LogP contribution in [0.1, 0.15) is 21.5 Å². The van der Waals surface area contributed by atoms with E-state index in [2.05, 4.69) is 0 Å². The van der Waals surface area contributed by atoms with E-state index in [1.807, 2.05) is 0 Å². The van der Waals surface area contributed by atoms with Crippen molar-refractivity contribution < 1.29 is 22.9 Å². The van der Waals surface area contributed by atoms with Gasteiger partial charge in [0.25, 0.3) is 5.69 Å². The second-order valence-electron chi connectivity index (χ2n) is 5.34. The van der Waals surface area contributed by atoms with Crippen molar-refractivity contribution in [2.45, 2.75) is 13.1 Å². The molecule has 9 heteroatoms. The molecule has 2 rings (SSSR count). The number of aryl methyl sites for hydroxylation is 1. The fraction of sp³-hybridized carbons (Fsp3) is 0.118. The molecule has 0 saturated carbocycles. The van der Waals surface area contributed by atoms with Gasteiger partial charge in [-0.1, -0.05) is 35.3 Å². The summed E-state index contributed by atoms with van der Waals surface area (Å²) in [6.45, 7) is 1.46. The Morgan fingerprint density at radius 3 is 2.15 bits per heavy atom. The number of nitrogens with zero attached hydrogens (tertiary/aromatic N) is 1. The Hall–Kier alpha value is -2.38. The van der Waals surface area contributed by atoms with Gasteiger partial charge in [0.05, 0.1) is 10.5 Å². The summed E-state index contributed by atoms with van der Waals surface area (Å²) < 4.78 is 40.2. The number of hydrogen-bond acceptors (Lipinski definition) is 3. The fourth-order valence-electron chi connectivity index (χ4n) is 2.21. The number of hydrogen-bond donors (Lipinski definition) is 0. The average molecular weight is 404 g/mol. The number of halogens is 5. The first kappa shape index (κ1) is 19.9. The summed E-state index contributed by atoms with van der Waals surface area (Å²) in [5.74, 6) is -1.03. The molecule has 4 nitrogen and oxygen atoms in total. The van der Waals surface area contributed by atoms with Gasteiger partial charge in [-0.05, 0) is 36.8 Å². The van der Waals surface area contributed by atoms with Gasteiger partial charge in [0, 0.05) is 27.2 Å². The maximum absolute atomic E-state index is 13.4. The Morgan fingerprint density at radius 2 is 1.65 bits per heavy atom. The van der Waals surface area contributed by atoms with Gasteiger partial charge in [0.15, 0.2) is 5.78 Å². The van der Waals surface area contributed by atoms with Crippen molar-refractivity contribution in [1.82, 2.24) is 0 Å². The number of nitro benzene ring substituents is 1. The van der Waals surface area contributed by atoms with Gasteiger partial charge in [-0.2, -0.15) is 13.2 Å². The molecule has 0 aliphatic rings. The third-order valence-corrected chi connectivity index (χ3v) is 3.88. The summed E-state index contributed by atoms with van der Waals surface area (Å²) in [4.78, 5) is 22.5. The van der Waals surface area contributed by atoms with Crippen molar-refractivity contribution in [2.75, 3.05) is 0 Å². The summed E-state index contributed by atoms with van der Waals surface area (Å²) in [5.41, 5.74) is -1.95. The molecule has 0 N–H and O–H groups in total. The van der Waals surface area contributed by atoms with Crippen LogP contribution in [0.25, 0.3) is 5.57 Å². The van der Waals surface area contributed by atoms with Gasteiger partial charge < -0.3 is 0 Å². The van der Waals surface area contributed by atoms with Crippen molar-refractivity contribution in [3.05, 3.63) is 79.3 Å². The molecule has 0 atom stereocenters. The Labute approximate surface area is 156 Å². The number of carbonyl (C=O) groups is 1. The Bertz CT molecular complexity index is 904. The number of alkyl halides is 3. The molecule has 0 aromatic heterocycles. The fourth-order valence-corrected chi connectivity index (χ4v) is 2.74. The minimum absolute atomic E-state index is 0.0268. The maximum atomic E-state index is 13.4. The Morgan fingerprint density at radius 1 is 1.08 bits per heavy atom. The second-order valence-corrected chi connectivity index (χ2v) is 6.21. The van der Waals surface area contributed by atoms with Crippen molar-refractivity contribution in [3.8, 4) is 0 Å². The topological polar surface area (TPSA) is 60.2 Å². The quantitative estimate of drug-likeness (QED) is 0.270. The highest BCUT2D eigenvalue weighted by Crippen LogP contribution is 2.36. The molecule has 0 spiro atoms. The van der Waals surface area contributed by atoms with E-state index in [1.165, 1.54) is 25.1 Å². The lowest BCUT2D eigenvalue weighted by Crippen LogP contribution is -2.13. The largest absolute Gasteiger partial charge is 0.417 e. The lowest BCUT2D eigenvalue weighted by Gasteiger charge is -2.13. The molecule has 0 fully saturated rings. The van der Waals surface area contributed by atoms with Crippen LogP contribution in [-0.2, 0) is 0 Å². The molecule has 0 aliphatic carbocycles. The first-order chi connectivity index (χ1) is 12.0. The number of allylic oxidation sites excluding steroid dienone is 2. The first-order valence-corrected chi connectivity index (χ1v) is 7.79. The van der Waals surface area contributed by atoms with Crippen LogP contribution in [-0.4, -0.2) is 16.9 Å². The van der Waals surface area contributed by atoms with E-state index in [1.54, 1.807) is 0 Å². The van der Waals surface area contributed by atoms with Crippen molar-refractivity contribution in [3.63, 3.8) is 0 Å². The zero-order chi connectivity index (χ0) is 19.6. The Kier molecular flexibility index (Phi) is 5.73. The molecule has 0 radical (unpaired) electrons. The monoisotopic (exact) mass is 403 g/mol. The number of benzene rings is 2. The summed E-state index contributed by atoms with van der Waals surface area (Å²) in [7, 11) is 0. The van der Waals surface area contributed by atoms with Crippen molar-refractivity contribution in [2.24, 2.45) is 0 Å². The van der Waals surface area contributed by atoms with Crippen LogP contribution >= 0.6 is 23.2 Å². The minimum atomic E-state index is -4.86. The second kappa shape index (κ2) is 7.47. The number of carbonyl (C=O) groups excluding carboxylic acids is 1. The zero-order valence-electron chi connectivity index (χ0n) is 13.1. The molecule has 0 saturated heterocycles. The molecule has 26 heavy (non-hydrogen) atoms. The lowest BCUT2D eigenvalue weighted by atomic mass is 10.0. The van der Waals surface area contributed by atoms with Crippen LogP contribution in [0.15, 0.2) is 42.5 Å². The summed E-state index contributed by atoms with van der Waals surface area (Å²) in [6, 6.07) is 6.76. The van der Waals surface area contributed by atoms with Crippen LogP contribution < -0.4 is 0 Å². The van der Waals surface area contributed by atoms with Crippen LogP contribution in [0.5, 0.6) is 0 Å². The predicted octanol–water partition coefficient (Wildman–Crippen LogP) is 6.04. The van der Waals surface area contributed by atoms with E-state index < -0.39 is 22.5 Å². The number of ketones is 1. The first-order valence-electron chi connectivity index (χ1n) is 7.04. The van der Waals surface area contributed by atoms with Crippen molar-refractivity contribution in [1.29, 1.82) is 0 Å². The molecule has 0 unspecified atom stereocenters. The zero-order valence-corrected chi connectivity index (χ0v) is 14.6. The van der Waals surface area contributed by atoms with Crippen LogP contribution in [0, 0.1) is 17.0 Å². The summed E-state index contributed by atoms with van der Waals surface area (Å²) >= 11 is 11.5. The van der Waals surface area contributed by atoms with Crippen LogP contribution in [0.4, 0.5) is 18.9 Å². The lowest BCUT2D eigenvalue weighted by molar-refractivity contribution is -0.385. The minimum Gasteiger partial charge on any atom is -0.289 e. The van der Waals surface area contributed by atoms with Gasteiger partial charge in [-0.3, -0.25) is 14.9 Å². The maximum Gasteiger partial charge on any atom is 0.417 e. The molecule has 0 heterocycles. The highest BCUT2D eigenvalue weighted by Gasteiger charge is 2.35. The van der Waals surface area contributed by atoms with E-state index in [4.69, 9.17) is 23.2 Å². The van der Waals surface area contributed by atoms with E-state index in [9.17, 15) is 28.1 Å². The Balaban J connectivity index is 2.56. The van der Waals surface area contributed by atoms with E-state index in [0.717, 1.165) is 18.2 Å². The van der Waals surface area contributed by atoms with Gasteiger partial charge in [0.2, 0.25) is 0 Å². The normalized spacial score (nSPS) is 12.2. The van der Waals surface area contributed by atoms with Crippen LogP contribution in [0.2, 0.25) is 10.0 Å². The third-order valence-electron chi connectivity index (χ3n) is 3.44. The van der Waals surface area contributed by atoms with Gasteiger partial charge in [-0.15, -0.1) is 0 Å². The molecule has 2 aromatic rings. The highest BCUT2D eigenvalue weighted by atomic mass is 35.5. The molecule has 0 amide bonds. The highest BCUT2D eigenvalue weighted by molar-refractivity contribution is 6.35. The molecular weight excluding hydrogens is 394 g/mol. The van der Waals surface area contributed by atoms with Gasteiger partial charge >= 0.3 is 6.18 Å². The molecular formula is C17H10Cl2F3NO3. The third kappa shape index (κ3) is 4.62. The SMILES string of the molecule is Cc1ccc(C(=O)C=C(c2cc(Cl)cc(Cl)c2)C(F)(F)F)cc1[N+](=O)[O-].